The number of thiophene rings is 1. The largest absolute Gasteiger partial charge is 0.481 e. The second-order valence-corrected chi connectivity index (χ2v) is 8.62. The quantitative estimate of drug-likeness (QED) is 0.748. The summed E-state index contributed by atoms with van der Waals surface area (Å²) in [5.74, 6) is -2.19. The van der Waals surface area contributed by atoms with Crippen LogP contribution in [0.4, 0.5) is 0 Å². The zero-order valence-electron chi connectivity index (χ0n) is 12.3. The maximum Gasteiger partial charge on any atom is 0.307 e. The van der Waals surface area contributed by atoms with E-state index in [0.717, 1.165) is 11.1 Å². The van der Waals surface area contributed by atoms with E-state index in [-0.39, 0.29) is 18.2 Å². The van der Waals surface area contributed by atoms with Gasteiger partial charge in [0.15, 0.2) is 0 Å². The van der Waals surface area contributed by atoms with Crippen molar-refractivity contribution in [3.63, 3.8) is 0 Å². The summed E-state index contributed by atoms with van der Waals surface area (Å²) >= 11 is 1.49. The van der Waals surface area contributed by atoms with Crippen molar-refractivity contribution >= 4 is 24.7 Å². The summed E-state index contributed by atoms with van der Waals surface area (Å²) in [6, 6.07) is 10.9. The van der Waals surface area contributed by atoms with Crippen LogP contribution in [-0.4, -0.2) is 22.1 Å². The topological polar surface area (TPSA) is 74.6 Å². The van der Waals surface area contributed by atoms with Gasteiger partial charge in [0.25, 0.3) is 0 Å². The van der Waals surface area contributed by atoms with E-state index in [0.29, 0.717) is 0 Å². The SMILES string of the molecule is CC(c1ccsc1)C(CP(=O)(O)Cc1ccccc1)C(=O)O. The first-order chi connectivity index (χ1) is 10.4. The molecule has 6 heteroatoms. The standard InChI is InChI=1S/C16H19O4PS/c1-12(14-7-8-22-11-14)15(16(17)18)10-21(19,20)9-13-5-3-2-4-6-13/h2-8,11-12,15H,9-10H2,1H3,(H,17,18)(H,19,20). The molecule has 0 fully saturated rings. The van der Waals surface area contributed by atoms with E-state index in [1.54, 1.807) is 31.2 Å². The fraction of sp³-hybridized carbons (Fsp3) is 0.312. The lowest BCUT2D eigenvalue weighted by Crippen LogP contribution is -2.24. The Morgan fingerprint density at radius 3 is 2.50 bits per heavy atom. The zero-order chi connectivity index (χ0) is 16.2. The van der Waals surface area contributed by atoms with Gasteiger partial charge < -0.3 is 10.00 Å². The summed E-state index contributed by atoms with van der Waals surface area (Å²) < 4.78 is 12.5. The van der Waals surface area contributed by atoms with Gasteiger partial charge in [-0.3, -0.25) is 9.36 Å². The molecule has 0 aliphatic carbocycles. The summed E-state index contributed by atoms with van der Waals surface area (Å²) in [5, 5.41) is 13.2. The van der Waals surface area contributed by atoms with Crippen LogP contribution < -0.4 is 0 Å². The number of rotatable bonds is 7. The smallest absolute Gasteiger partial charge is 0.307 e. The van der Waals surface area contributed by atoms with Crippen LogP contribution in [0.3, 0.4) is 0 Å². The third kappa shape index (κ3) is 4.54. The van der Waals surface area contributed by atoms with E-state index < -0.39 is 19.3 Å². The molecule has 0 bridgehead atoms. The van der Waals surface area contributed by atoms with Crippen molar-refractivity contribution in [2.75, 3.05) is 6.16 Å². The van der Waals surface area contributed by atoms with E-state index in [1.165, 1.54) is 11.3 Å². The first-order valence-corrected chi connectivity index (χ1v) is 9.96. The molecular formula is C16H19O4PS. The molecule has 0 amide bonds. The molecule has 0 aliphatic heterocycles. The average Bonchev–Trinajstić information content (AvgIpc) is 2.98. The van der Waals surface area contributed by atoms with Gasteiger partial charge in [0.1, 0.15) is 0 Å². The summed E-state index contributed by atoms with van der Waals surface area (Å²) in [7, 11) is -3.56. The van der Waals surface area contributed by atoms with Gasteiger partial charge in [-0.15, -0.1) is 0 Å². The number of hydrogen-bond acceptors (Lipinski definition) is 3. The minimum Gasteiger partial charge on any atom is -0.481 e. The van der Waals surface area contributed by atoms with Crippen molar-refractivity contribution in [3.8, 4) is 0 Å². The van der Waals surface area contributed by atoms with Crippen molar-refractivity contribution in [2.45, 2.75) is 19.0 Å². The van der Waals surface area contributed by atoms with Crippen LogP contribution in [-0.2, 0) is 15.5 Å². The molecule has 22 heavy (non-hydrogen) atoms. The molecule has 0 radical (unpaired) electrons. The monoisotopic (exact) mass is 338 g/mol. The average molecular weight is 338 g/mol. The Morgan fingerprint density at radius 2 is 1.95 bits per heavy atom. The van der Waals surface area contributed by atoms with Crippen LogP contribution in [0.5, 0.6) is 0 Å². The van der Waals surface area contributed by atoms with Gasteiger partial charge in [0.05, 0.1) is 5.92 Å². The molecule has 1 aromatic heterocycles. The number of benzene rings is 1. The minimum atomic E-state index is -3.56. The van der Waals surface area contributed by atoms with Crippen LogP contribution in [0.15, 0.2) is 47.2 Å². The van der Waals surface area contributed by atoms with Gasteiger partial charge in [-0.1, -0.05) is 37.3 Å². The zero-order valence-corrected chi connectivity index (χ0v) is 14.0. The van der Waals surface area contributed by atoms with Crippen LogP contribution >= 0.6 is 18.7 Å². The van der Waals surface area contributed by atoms with Crippen LogP contribution in [0, 0.1) is 5.92 Å². The van der Waals surface area contributed by atoms with Gasteiger partial charge in [-0.2, -0.15) is 11.3 Å². The molecule has 0 spiro atoms. The van der Waals surface area contributed by atoms with Crippen molar-refractivity contribution in [1.29, 1.82) is 0 Å². The third-order valence-electron chi connectivity index (χ3n) is 3.74. The Kier molecular flexibility index (Phi) is 5.57. The first-order valence-electron chi connectivity index (χ1n) is 6.99. The van der Waals surface area contributed by atoms with E-state index in [4.69, 9.17) is 0 Å². The Morgan fingerprint density at radius 1 is 1.27 bits per heavy atom. The molecule has 0 saturated heterocycles. The molecule has 0 aliphatic rings. The summed E-state index contributed by atoms with van der Waals surface area (Å²) in [6.07, 6.45) is -0.206. The lowest BCUT2D eigenvalue weighted by molar-refractivity contribution is -0.141. The Balaban J connectivity index is 2.13. The van der Waals surface area contributed by atoms with E-state index in [2.05, 4.69) is 0 Å². The molecule has 1 aromatic carbocycles. The third-order valence-corrected chi connectivity index (χ3v) is 6.27. The fourth-order valence-corrected chi connectivity index (χ4v) is 5.22. The molecule has 1 heterocycles. The molecule has 2 aromatic rings. The van der Waals surface area contributed by atoms with Gasteiger partial charge in [-0.25, -0.2) is 0 Å². The van der Waals surface area contributed by atoms with Crippen molar-refractivity contribution in [2.24, 2.45) is 5.92 Å². The second kappa shape index (κ2) is 7.23. The van der Waals surface area contributed by atoms with Gasteiger partial charge in [0, 0.05) is 12.3 Å². The van der Waals surface area contributed by atoms with Crippen LogP contribution in [0.1, 0.15) is 24.0 Å². The highest BCUT2D eigenvalue weighted by Gasteiger charge is 2.33. The van der Waals surface area contributed by atoms with Gasteiger partial charge >= 0.3 is 5.97 Å². The number of carboxylic acid groups (broad SMARTS) is 1. The van der Waals surface area contributed by atoms with Gasteiger partial charge in [0.2, 0.25) is 7.37 Å². The highest BCUT2D eigenvalue weighted by molar-refractivity contribution is 7.57. The second-order valence-electron chi connectivity index (χ2n) is 5.46. The molecule has 118 valence electrons. The predicted octanol–water partition coefficient (Wildman–Crippen LogP) is 4.02. The number of aliphatic carboxylic acids is 1. The normalized spacial score (nSPS) is 16.6. The maximum atomic E-state index is 12.5. The van der Waals surface area contributed by atoms with Crippen LogP contribution in [0.25, 0.3) is 0 Å². The summed E-state index contributed by atoms with van der Waals surface area (Å²) in [4.78, 5) is 21.8. The highest BCUT2D eigenvalue weighted by atomic mass is 32.1. The molecule has 3 unspecified atom stereocenters. The molecular weight excluding hydrogens is 319 g/mol. The predicted molar refractivity (Wildman–Crippen MR) is 88.7 cm³/mol. The lowest BCUT2D eigenvalue weighted by atomic mass is 9.91. The van der Waals surface area contributed by atoms with Crippen molar-refractivity contribution in [1.82, 2.24) is 0 Å². The molecule has 0 saturated carbocycles. The molecule has 4 nitrogen and oxygen atoms in total. The van der Waals surface area contributed by atoms with E-state index >= 15 is 0 Å². The fourth-order valence-electron chi connectivity index (χ4n) is 2.46. The first kappa shape index (κ1) is 16.9. The van der Waals surface area contributed by atoms with Crippen molar-refractivity contribution in [3.05, 3.63) is 58.3 Å². The van der Waals surface area contributed by atoms with Crippen LogP contribution in [0.2, 0.25) is 0 Å². The number of carbonyl (C=O) groups is 1. The summed E-state index contributed by atoms with van der Waals surface area (Å²) in [6.45, 7) is 1.79. The van der Waals surface area contributed by atoms with E-state index in [9.17, 15) is 19.4 Å². The summed E-state index contributed by atoms with van der Waals surface area (Å²) in [5.41, 5.74) is 1.65. The maximum absolute atomic E-state index is 12.5. The Hall–Kier alpha value is -1.42. The van der Waals surface area contributed by atoms with E-state index in [1.807, 2.05) is 22.9 Å². The molecule has 2 rings (SSSR count). The molecule has 2 N–H and O–H groups in total. The van der Waals surface area contributed by atoms with Gasteiger partial charge in [-0.05, 0) is 33.9 Å². The Bertz CT molecular complexity index is 654. The molecule has 3 atom stereocenters. The van der Waals surface area contributed by atoms with Crippen molar-refractivity contribution < 1.29 is 19.4 Å². The highest BCUT2D eigenvalue weighted by Crippen LogP contribution is 2.48. The Labute approximate surface area is 133 Å². The lowest BCUT2D eigenvalue weighted by Gasteiger charge is -2.22. The number of hydrogen-bond donors (Lipinski definition) is 2. The minimum absolute atomic E-state index is 0.00791. The number of carboxylic acids is 1.